The van der Waals surface area contributed by atoms with Gasteiger partial charge in [0.05, 0.1) is 12.8 Å². The SMILES string of the molecule is COc1cccc(CNC(CNC(=O)OC(C)(C)C)C(C)C)n1. The number of amides is 1. The molecule has 1 unspecified atom stereocenters. The van der Waals surface area contributed by atoms with Gasteiger partial charge in [-0.25, -0.2) is 9.78 Å². The second-order valence-electron chi connectivity index (χ2n) is 6.79. The van der Waals surface area contributed by atoms with E-state index in [-0.39, 0.29) is 6.04 Å². The van der Waals surface area contributed by atoms with Gasteiger partial charge in [0.25, 0.3) is 0 Å². The van der Waals surface area contributed by atoms with Crippen LogP contribution in [0.5, 0.6) is 5.88 Å². The van der Waals surface area contributed by atoms with Crippen LogP contribution in [-0.2, 0) is 11.3 Å². The van der Waals surface area contributed by atoms with Crippen molar-refractivity contribution in [3.8, 4) is 5.88 Å². The number of aromatic nitrogens is 1. The van der Waals surface area contributed by atoms with Crippen LogP contribution < -0.4 is 15.4 Å². The quantitative estimate of drug-likeness (QED) is 0.807. The van der Waals surface area contributed by atoms with Crippen LogP contribution in [0.2, 0.25) is 0 Å². The molecular formula is C17H29N3O3. The zero-order valence-electron chi connectivity index (χ0n) is 15.0. The lowest BCUT2D eigenvalue weighted by Crippen LogP contribution is -2.45. The first-order valence-corrected chi connectivity index (χ1v) is 7.91. The molecule has 0 spiro atoms. The Morgan fingerprint density at radius 1 is 1.30 bits per heavy atom. The Bertz CT molecular complexity index is 498. The third-order valence-corrected chi connectivity index (χ3v) is 3.21. The Morgan fingerprint density at radius 2 is 2.00 bits per heavy atom. The van der Waals surface area contributed by atoms with E-state index in [2.05, 4.69) is 29.5 Å². The summed E-state index contributed by atoms with van der Waals surface area (Å²) in [6, 6.07) is 5.78. The van der Waals surface area contributed by atoms with Crippen molar-refractivity contribution in [2.24, 2.45) is 5.92 Å². The first-order chi connectivity index (χ1) is 10.7. The van der Waals surface area contributed by atoms with Crippen LogP contribution in [0, 0.1) is 5.92 Å². The van der Waals surface area contributed by atoms with Crippen molar-refractivity contribution in [1.82, 2.24) is 15.6 Å². The molecule has 0 aliphatic rings. The molecule has 2 N–H and O–H groups in total. The first kappa shape index (κ1) is 19.2. The van der Waals surface area contributed by atoms with Gasteiger partial charge in [0.15, 0.2) is 0 Å². The van der Waals surface area contributed by atoms with E-state index in [1.165, 1.54) is 0 Å². The predicted molar refractivity (Wildman–Crippen MR) is 90.5 cm³/mol. The van der Waals surface area contributed by atoms with Crippen LogP contribution in [0.4, 0.5) is 4.79 Å². The molecule has 1 aromatic rings. The molecule has 1 atom stereocenters. The number of carbonyl (C=O) groups is 1. The van der Waals surface area contributed by atoms with Crippen molar-refractivity contribution in [3.05, 3.63) is 23.9 Å². The van der Waals surface area contributed by atoms with E-state index in [0.717, 1.165) is 5.69 Å². The molecule has 23 heavy (non-hydrogen) atoms. The number of nitrogens with zero attached hydrogens (tertiary/aromatic N) is 1. The molecule has 0 bridgehead atoms. The van der Waals surface area contributed by atoms with E-state index >= 15 is 0 Å². The summed E-state index contributed by atoms with van der Waals surface area (Å²) in [6.45, 7) is 10.9. The van der Waals surface area contributed by atoms with Crippen molar-refractivity contribution in [2.75, 3.05) is 13.7 Å². The van der Waals surface area contributed by atoms with Crippen molar-refractivity contribution in [3.63, 3.8) is 0 Å². The van der Waals surface area contributed by atoms with Crippen molar-refractivity contribution in [1.29, 1.82) is 0 Å². The normalized spacial score (nSPS) is 12.8. The van der Waals surface area contributed by atoms with Crippen LogP contribution in [0.1, 0.15) is 40.3 Å². The highest BCUT2D eigenvalue weighted by molar-refractivity contribution is 5.67. The van der Waals surface area contributed by atoms with E-state index in [1.807, 2.05) is 39.0 Å². The van der Waals surface area contributed by atoms with Crippen LogP contribution in [-0.4, -0.2) is 36.4 Å². The van der Waals surface area contributed by atoms with Gasteiger partial charge in [-0.2, -0.15) is 0 Å². The summed E-state index contributed by atoms with van der Waals surface area (Å²) < 4.78 is 10.4. The summed E-state index contributed by atoms with van der Waals surface area (Å²) >= 11 is 0. The maximum absolute atomic E-state index is 11.8. The van der Waals surface area contributed by atoms with E-state index in [9.17, 15) is 4.79 Å². The number of ether oxygens (including phenoxy) is 2. The summed E-state index contributed by atoms with van der Waals surface area (Å²) in [6.07, 6.45) is -0.399. The average molecular weight is 323 g/mol. The Labute approximate surface area is 139 Å². The fourth-order valence-corrected chi connectivity index (χ4v) is 1.96. The molecule has 0 aliphatic heterocycles. The average Bonchev–Trinajstić information content (AvgIpc) is 2.45. The van der Waals surface area contributed by atoms with Gasteiger partial charge in [-0.05, 0) is 32.8 Å². The maximum Gasteiger partial charge on any atom is 0.407 e. The molecule has 1 aromatic heterocycles. The zero-order chi connectivity index (χ0) is 17.5. The molecule has 0 aromatic carbocycles. The van der Waals surface area contributed by atoms with E-state index in [1.54, 1.807) is 7.11 Å². The Kier molecular flexibility index (Phi) is 7.29. The molecule has 0 aliphatic carbocycles. The molecule has 130 valence electrons. The lowest BCUT2D eigenvalue weighted by atomic mass is 10.0. The number of rotatable bonds is 7. The summed E-state index contributed by atoms with van der Waals surface area (Å²) in [7, 11) is 1.60. The summed E-state index contributed by atoms with van der Waals surface area (Å²) in [4.78, 5) is 16.1. The van der Waals surface area contributed by atoms with Gasteiger partial charge in [0.1, 0.15) is 5.60 Å². The van der Waals surface area contributed by atoms with E-state index in [4.69, 9.17) is 9.47 Å². The number of alkyl carbamates (subject to hydrolysis) is 1. The van der Waals surface area contributed by atoms with Gasteiger partial charge in [-0.1, -0.05) is 19.9 Å². The largest absolute Gasteiger partial charge is 0.481 e. The highest BCUT2D eigenvalue weighted by Crippen LogP contribution is 2.09. The molecule has 1 amide bonds. The van der Waals surface area contributed by atoms with Crippen LogP contribution in [0.25, 0.3) is 0 Å². The van der Waals surface area contributed by atoms with Gasteiger partial charge in [-0.3, -0.25) is 0 Å². The Hall–Kier alpha value is -1.82. The predicted octanol–water partition coefficient (Wildman–Crippen LogP) is 2.73. The molecule has 0 radical (unpaired) electrons. The highest BCUT2D eigenvalue weighted by Gasteiger charge is 2.19. The Balaban J connectivity index is 2.50. The molecule has 0 fully saturated rings. The van der Waals surface area contributed by atoms with Gasteiger partial charge in [0, 0.05) is 25.2 Å². The highest BCUT2D eigenvalue weighted by atomic mass is 16.6. The van der Waals surface area contributed by atoms with Gasteiger partial charge < -0.3 is 20.1 Å². The molecule has 6 nitrogen and oxygen atoms in total. The van der Waals surface area contributed by atoms with Crippen molar-refractivity contribution < 1.29 is 14.3 Å². The number of nitrogens with one attached hydrogen (secondary N) is 2. The van der Waals surface area contributed by atoms with Crippen molar-refractivity contribution >= 4 is 6.09 Å². The summed E-state index contributed by atoms with van der Waals surface area (Å²) in [5.41, 5.74) is 0.405. The smallest absolute Gasteiger partial charge is 0.407 e. The van der Waals surface area contributed by atoms with Crippen LogP contribution >= 0.6 is 0 Å². The fourth-order valence-electron chi connectivity index (χ4n) is 1.96. The van der Waals surface area contributed by atoms with E-state index < -0.39 is 11.7 Å². The molecule has 0 saturated heterocycles. The second kappa shape index (κ2) is 8.72. The summed E-state index contributed by atoms with van der Waals surface area (Å²) in [5.74, 6) is 0.952. The summed E-state index contributed by atoms with van der Waals surface area (Å²) in [5, 5.41) is 6.23. The number of carbonyl (C=O) groups excluding carboxylic acids is 1. The third kappa shape index (κ3) is 7.83. The second-order valence-corrected chi connectivity index (χ2v) is 6.79. The standard InChI is InChI=1S/C17H29N3O3/c1-12(2)14(11-19-16(21)23-17(3,4)5)18-10-13-8-7-9-15(20-13)22-6/h7-9,12,14,18H,10-11H2,1-6H3,(H,19,21). The van der Waals surface area contributed by atoms with Crippen molar-refractivity contribution in [2.45, 2.75) is 52.8 Å². The number of hydrogen-bond acceptors (Lipinski definition) is 5. The van der Waals surface area contributed by atoms with Crippen LogP contribution in [0.3, 0.4) is 0 Å². The van der Waals surface area contributed by atoms with Gasteiger partial charge in [-0.15, -0.1) is 0 Å². The zero-order valence-corrected chi connectivity index (χ0v) is 15.0. The molecule has 0 saturated carbocycles. The minimum Gasteiger partial charge on any atom is -0.481 e. The van der Waals surface area contributed by atoms with E-state index in [0.29, 0.717) is 24.9 Å². The fraction of sp³-hybridized carbons (Fsp3) is 0.647. The number of pyridine rings is 1. The number of methoxy groups -OCH3 is 1. The topological polar surface area (TPSA) is 72.5 Å². The minimum absolute atomic E-state index is 0.121. The van der Waals surface area contributed by atoms with Crippen LogP contribution in [0.15, 0.2) is 18.2 Å². The van der Waals surface area contributed by atoms with Gasteiger partial charge in [0.2, 0.25) is 5.88 Å². The van der Waals surface area contributed by atoms with Gasteiger partial charge >= 0.3 is 6.09 Å². The molecule has 1 rings (SSSR count). The molecule has 1 heterocycles. The third-order valence-electron chi connectivity index (χ3n) is 3.21. The monoisotopic (exact) mass is 323 g/mol. The lowest BCUT2D eigenvalue weighted by Gasteiger charge is -2.24. The lowest BCUT2D eigenvalue weighted by molar-refractivity contribution is 0.0519. The Morgan fingerprint density at radius 3 is 2.57 bits per heavy atom. The molecule has 6 heteroatoms. The molecular weight excluding hydrogens is 294 g/mol. The first-order valence-electron chi connectivity index (χ1n) is 7.91. The maximum atomic E-state index is 11.8. The number of hydrogen-bond donors (Lipinski definition) is 2. The minimum atomic E-state index is -0.491.